The second kappa shape index (κ2) is 12.7. The second-order valence-electron chi connectivity index (χ2n) is 6.15. The van der Waals surface area contributed by atoms with Gasteiger partial charge in [-0.25, -0.2) is 9.48 Å². The van der Waals surface area contributed by atoms with Gasteiger partial charge in [-0.15, -0.1) is 38.7 Å². The third-order valence-corrected chi connectivity index (χ3v) is 3.68. The number of carbonyl (C=O) groups is 1. The van der Waals surface area contributed by atoms with E-state index >= 15 is 0 Å². The van der Waals surface area contributed by atoms with Gasteiger partial charge in [0.15, 0.2) is 0 Å². The number of nitrogens with two attached hydrogens (primary N) is 1. The molecule has 15 heteroatoms. The molecule has 0 radical (unpaired) electrons. The largest absolute Gasteiger partial charge is 0.573 e. The Kier molecular flexibility index (Phi) is 10.7. The Hall–Kier alpha value is -3.65. The number of hydrogen-bond acceptors (Lipinski definition) is 7. The fourth-order valence-electron chi connectivity index (χ4n) is 2.34. The van der Waals surface area contributed by atoms with Gasteiger partial charge in [-0.05, 0) is 55.5 Å². The molecule has 1 heterocycles. The lowest BCUT2D eigenvalue weighted by Gasteiger charge is -2.09. The molecule has 0 aliphatic heterocycles. The summed E-state index contributed by atoms with van der Waals surface area (Å²) in [5.41, 5.74) is 3.53. The number of nitrogen functional groups attached to an aromatic ring is 1. The maximum absolute atomic E-state index is 12.0. The zero-order valence-electron chi connectivity index (χ0n) is 17.8. The number of hydrazine groups is 1. The first kappa shape index (κ1) is 29.4. The minimum absolute atomic E-state index is 0. The number of anilines is 1. The minimum Gasteiger partial charge on any atom is -0.462 e. The third kappa shape index (κ3) is 10.4. The van der Waals surface area contributed by atoms with Gasteiger partial charge < -0.3 is 19.6 Å². The Morgan fingerprint density at radius 2 is 1.43 bits per heavy atom. The van der Waals surface area contributed by atoms with E-state index in [4.69, 9.17) is 10.6 Å². The first-order chi connectivity index (χ1) is 15.9. The molecular formula is C20H19ClF6N4O4. The molecule has 3 N–H and O–H groups in total. The molecule has 0 saturated carbocycles. The Morgan fingerprint density at radius 3 is 1.86 bits per heavy atom. The van der Waals surface area contributed by atoms with Crippen LogP contribution in [-0.2, 0) is 4.74 Å². The molecule has 3 rings (SSSR count). The number of nitrogens with zero attached hydrogens (tertiary/aromatic N) is 2. The van der Waals surface area contributed by atoms with Gasteiger partial charge in [0.1, 0.15) is 11.5 Å². The molecule has 192 valence electrons. The standard InChI is InChI=1S/C13H11F3N2O3.C7H7F3N2O.ClH/c1-2-20-12(19)9-7-17-18(8-9)10-3-5-11(6-4-10)21-13(14,15)16;8-7(9,10)13-6-3-1-5(12-11)2-4-6;/h3-8H,2H2,1H3;1-4,12H,11H2;1H. The summed E-state index contributed by atoms with van der Waals surface area (Å²) in [6, 6.07) is 10.2. The van der Waals surface area contributed by atoms with Crippen molar-refractivity contribution in [2.24, 2.45) is 5.84 Å². The molecule has 0 unspecified atom stereocenters. The number of hydrogen-bond donors (Lipinski definition) is 2. The Labute approximate surface area is 200 Å². The van der Waals surface area contributed by atoms with Crippen molar-refractivity contribution in [3.8, 4) is 17.2 Å². The van der Waals surface area contributed by atoms with Crippen LogP contribution in [0.25, 0.3) is 5.69 Å². The van der Waals surface area contributed by atoms with Gasteiger partial charge in [-0.2, -0.15) is 5.10 Å². The molecule has 0 amide bonds. The summed E-state index contributed by atoms with van der Waals surface area (Å²) in [7, 11) is 0. The van der Waals surface area contributed by atoms with E-state index in [1.165, 1.54) is 53.5 Å². The molecule has 0 bridgehead atoms. The van der Waals surface area contributed by atoms with Crippen LogP contribution in [0.5, 0.6) is 11.5 Å². The summed E-state index contributed by atoms with van der Waals surface area (Å²) in [6.07, 6.45) is -6.64. The van der Waals surface area contributed by atoms with Crippen molar-refractivity contribution in [2.45, 2.75) is 19.6 Å². The highest BCUT2D eigenvalue weighted by Crippen LogP contribution is 2.24. The van der Waals surface area contributed by atoms with Crippen molar-refractivity contribution >= 4 is 24.1 Å². The van der Waals surface area contributed by atoms with E-state index in [9.17, 15) is 31.1 Å². The third-order valence-electron chi connectivity index (χ3n) is 3.68. The van der Waals surface area contributed by atoms with E-state index in [1.54, 1.807) is 6.92 Å². The van der Waals surface area contributed by atoms with Crippen molar-refractivity contribution in [1.82, 2.24) is 9.78 Å². The summed E-state index contributed by atoms with van der Waals surface area (Å²) in [6.45, 7) is 1.93. The molecule has 3 aromatic rings. The van der Waals surface area contributed by atoms with Crippen LogP contribution in [-0.4, -0.2) is 35.1 Å². The van der Waals surface area contributed by atoms with Gasteiger partial charge in [0.05, 0.1) is 24.1 Å². The van der Waals surface area contributed by atoms with Gasteiger partial charge in [0, 0.05) is 11.9 Å². The molecule has 1 aromatic heterocycles. The number of ether oxygens (including phenoxy) is 3. The van der Waals surface area contributed by atoms with Crippen molar-refractivity contribution in [3.05, 3.63) is 66.5 Å². The fraction of sp³-hybridized carbons (Fsp3) is 0.200. The first-order valence-corrected chi connectivity index (χ1v) is 9.30. The van der Waals surface area contributed by atoms with E-state index < -0.39 is 18.7 Å². The van der Waals surface area contributed by atoms with Crippen LogP contribution in [0, 0.1) is 0 Å². The number of benzene rings is 2. The van der Waals surface area contributed by atoms with Crippen LogP contribution in [0.4, 0.5) is 32.0 Å². The molecule has 0 spiro atoms. The van der Waals surface area contributed by atoms with Crippen molar-refractivity contribution in [3.63, 3.8) is 0 Å². The van der Waals surface area contributed by atoms with E-state index in [0.717, 1.165) is 12.1 Å². The van der Waals surface area contributed by atoms with Gasteiger partial charge >= 0.3 is 18.7 Å². The van der Waals surface area contributed by atoms with Crippen molar-refractivity contribution < 1.29 is 45.3 Å². The minimum atomic E-state index is -4.73. The zero-order valence-corrected chi connectivity index (χ0v) is 18.6. The molecule has 2 aromatic carbocycles. The smallest absolute Gasteiger partial charge is 0.462 e. The molecule has 0 atom stereocenters. The molecule has 0 aliphatic rings. The maximum Gasteiger partial charge on any atom is 0.573 e. The van der Waals surface area contributed by atoms with E-state index in [0.29, 0.717) is 11.4 Å². The summed E-state index contributed by atoms with van der Waals surface area (Å²) in [4.78, 5) is 11.5. The Morgan fingerprint density at radius 1 is 0.943 bits per heavy atom. The van der Waals surface area contributed by atoms with Crippen LogP contribution in [0.2, 0.25) is 0 Å². The molecule has 35 heavy (non-hydrogen) atoms. The normalized spacial score (nSPS) is 10.9. The lowest BCUT2D eigenvalue weighted by molar-refractivity contribution is -0.275. The average Bonchev–Trinajstić information content (AvgIpc) is 3.24. The fourth-order valence-corrected chi connectivity index (χ4v) is 2.34. The summed E-state index contributed by atoms with van der Waals surface area (Å²) < 4.78 is 84.7. The van der Waals surface area contributed by atoms with Crippen LogP contribution in [0.15, 0.2) is 60.9 Å². The number of halogens is 7. The van der Waals surface area contributed by atoms with Gasteiger partial charge in [0.2, 0.25) is 0 Å². The highest BCUT2D eigenvalue weighted by atomic mass is 35.5. The van der Waals surface area contributed by atoms with Crippen LogP contribution >= 0.6 is 12.4 Å². The topological polar surface area (TPSA) is 101 Å². The van der Waals surface area contributed by atoms with Crippen molar-refractivity contribution in [2.75, 3.05) is 12.0 Å². The lowest BCUT2D eigenvalue weighted by Crippen LogP contribution is -2.17. The van der Waals surface area contributed by atoms with E-state index in [-0.39, 0.29) is 36.1 Å². The Bertz CT molecular complexity index is 1060. The number of esters is 1. The molecule has 0 saturated heterocycles. The number of nitrogens with one attached hydrogen (secondary N) is 1. The van der Waals surface area contributed by atoms with Gasteiger partial charge in [0.25, 0.3) is 0 Å². The molecular weight excluding hydrogens is 510 g/mol. The van der Waals surface area contributed by atoms with Crippen LogP contribution in [0.1, 0.15) is 17.3 Å². The molecule has 0 fully saturated rings. The van der Waals surface area contributed by atoms with Gasteiger partial charge in [-0.1, -0.05) is 0 Å². The van der Waals surface area contributed by atoms with Gasteiger partial charge in [-0.3, -0.25) is 5.84 Å². The highest BCUT2D eigenvalue weighted by molar-refractivity contribution is 5.88. The number of carbonyl (C=O) groups excluding carboxylic acids is 1. The molecule has 8 nitrogen and oxygen atoms in total. The van der Waals surface area contributed by atoms with E-state index in [2.05, 4.69) is 20.0 Å². The van der Waals surface area contributed by atoms with Crippen molar-refractivity contribution in [1.29, 1.82) is 0 Å². The van der Waals surface area contributed by atoms with Crippen LogP contribution in [0.3, 0.4) is 0 Å². The quantitative estimate of drug-likeness (QED) is 0.195. The first-order valence-electron chi connectivity index (χ1n) is 9.30. The summed E-state index contributed by atoms with van der Waals surface area (Å²) in [5.74, 6) is 3.90. The maximum atomic E-state index is 12.0. The second-order valence-corrected chi connectivity index (χ2v) is 6.15. The lowest BCUT2D eigenvalue weighted by atomic mass is 10.3. The zero-order chi connectivity index (χ0) is 25.4. The Balaban J connectivity index is 0.000000378. The number of rotatable bonds is 6. The predicted molar refractivity (Wildman–Crippen MR) is 114 cm³/mol. The average molecular weight is 529 g/mol. The van der Waals surface area contributed by atoms with E-state index in [1.807, 2.05) is 0 Å². The summed E-state index contributed by atoms with van der Waals surface area (Å²) in [5, 5.41) is 3.95. The highest BCUT2D eigenvalue weighted by Gasteiger charge is 2.31. The monoisotopic (exact) mass is 528 g/mol. The number of alkyl halides is 6. The predicted octanol–water partition coefficient (Wildman–Crippen LogP) is 5.24. The van der Waals surface area contributed by atoms with Crippen LogP contribution < -0.4 is 20.7 Å². The SMILES string of the molecule is CCOC(=O)c1cnn(-c2ccc(OC(F)(F)F)cc2)c1.Cl.NNc1ccc(OC(F)(F)F)cc1. The summed E-state index contributed by atoms with van der Waals surface area (Å²) >= 11 is 0. The molecule has 0 aliphatic carbocycles. The number of aromatic nitrogens is 2.